The van der Waals surface area contributed by atoms with Gasteiger partial charge in [-0.1, -0.05) is 11.6 Å². The number of rotatable bonds is 3. The molecule has 1 unspecified atom stereocenters. The highest BCUT2D eigenvalue weighted by atomic mass is 35.5. The Bertz CT molecular complexity index is 549. The van der Waals surface area contributed by atoms with Gasteiger partial charge < -0.3 is 25.0 Å². The maximum atomic E-state index is 12.1. The fourth-order valence-electron chi connectivity index (χ4n) is 2.01. The molecule has 20 heavy (non-hydrogen) atoms. The minimum atomic E-state index is -1.38. The van der Waals surface area contributed by atoms with Gasteiger partial charge in [-0.15, -0.1) is 0 Å². The first-order valence-electron chi connectivity index (χ1n) is 5.95. The number of ether oxygens (including phenoxy) is 1. The van der Waals surface area contributed by atoms with E-state index in [0.717, 1.165) is 4.68 Å². The Labute approximate surface area is 119 Å². The van der Waals surface area contributed by atoms with Crippen molar-refractivity contribution in [1.29, 1.82) is 0 Å². The molecule has 112 valence electrons. The predicted molar refractivity (Wildman–Crippen MR) is 70.8 cm³/mol. The van der Waals surface area contributed by atoms with Crippen molar-refractivity contribution in [1.82, 2.24) is 9.78 Å². The van der Waals surface area contributed by atoms with E-state index in [1.165, 1.54) is 6.20 Å². The van der Waals surface area contributed by atoms with Gasteiger partial charge in [0.05, 0.1) is 18.5 Å². The molecular formula is C11H16ClN3O5. The third-order valence-corrected chi connectivity index (χ3v) is 3.52. The molecule has 0 spiro atoms. The molecule has 1 saturated heterocycles. The summed E-state index contributed by atoms with van der Waals surface area (Å²) in [5.74, 6) is 0. The Morgan fingerprint density at radius 1 is 1.45 bits per heavy atom. The maximum absolute atomic E-state index is 12.1. The van der Waals surface area contributed by atoms with Crippen LogP contribution in [0.5, 0.6) is 0 Å². The van der Waals surface area contributed by atoms with Crippen LogP contribution in [-0.4, -0.2) is 64.1 Å². The van der Waals surface area contributed by atoms with Gasteiger partial charge in [0.1, 0.15) is 23.3 Å². The van der Waals surface area contributed by atoms with E-state index in [1.54, 1.807) is 19.0 Å². The third-order valence-electron chi connectivity index (χ3n) is 3.17. The second-order valence-electron chi connectivity index (χ2n) is 4.72. The molecule has 0 amide bonds. The molecule has 0 radical (unpaired) electrons. The van der Waals surface area contributed by atoms with Crippen LogP contribution in [-0.2, 0) is 4.74 Å². The highest BCUT2D eigenvalue weighted by Gasteiger charge is 2.44. The van der Waals surface area contributed by atoms with Crippen molar-refractivity contribution < 1.29 is 20.1 Å². The zero-order valence-electron chi connectivity index (χ0n) is 11.0. The lowest BCUT2D eigenvalue weighted by Crippen LogP contribution is -2.37. The van der Waals surface area contributed by atoms with Crippen LogP contribution >= 0.6 is 11.6 Å². The van der Waals surface area contributed by atoms with E-state index >= 15 is 0 Å². The average Bonchev–Trinajstić information content (AvgIpc) is 2.69. The molecule has 8 nitrogen and oxygen atoms in total. The fraction of sp³-hybridized carbons (Fsp3) is 0.636. The molecule has 1 aliphatic rings. The summed E-state index contributed by atoms with van der Waals surface area (Å²) in [6.45, 7) is -0.479. The molecule has 1 aromatic rings. The van der Waals surface area contributed by atoms with Crippen LogP contribution in [0.2, 0.25) is 5.02 Å². The molecule has 0 bridgehead atoms. The minimum absolute atomic E-state index is 0.0669. The lowest BCUT2D eigenvalue weighted by molar-refractivity contribution is -0.0609. The molecular weight excluding hydrogens is 290 g/mol. The van der Waals surface area contributed by atoms with Crippen LogP contribution in [0.25, 0.3) is 0 Å². The number of aliphatic hydroxyl groups is 3. The van der Waals surface area contributed by atoms with Gasteiger partial charge in [-0.2, -0.15) is 9.78 Å². The number of aromatic nitrogens is 2. The van der Waals surface area contributed by atoms with Crippen molar-refractivity contribution in [2.45, 2.75) is 24.5 Å². The van der Waals surface area contributed by atoms with E-state index in [2.05, 4.69) is 5.10 Å². The summed E-state index contributed by atoms with van der Waals surface area (Å²) in [6.07, 6.45) is -3.48. The Morgan fingerprint density at radius 3 is 2.60 bits per heavy atom. The summed E-state index contributed by atoms with van der Waals surface area (Å²) in [5.41, 5.74) is -0.215. The van der Waals surface area contributed by atoms with Gasteiger partial charge >= 0.3 is 0 Å². The van der Waals surface area contributed by atoms with E-state index < -0.39 is 36.7 Å². The lowest BCUT2D eigenvalue weighted by Gasteiger charge is -2.19. The number of hydrogen-bond acceptors (Lipinski definition) is 7. The van der Waals surface area contributed by atoms with Gasteiger partial charge in [0.25, 0.3) is 5.56 Å². The summed E-state index contributed by atoms with van der Waals surface area (Å²) >= 11 is 5.96. The molecule has 2 heterocycles. The van der Waals surface area contributed by atoms with E-state index in [1.807, 2.05) is 0 Å². The summed E-state index contributed by atoms with van der Waals surface area (Å²) in [7, 11) is 3.41. The molecule has 0 aromatic carbocycles. The van der Waals surface area contributed by atoms with Crippen molar-refractivity contribution in [2.75, 3.05) is 25.6 Å². The SMILES string of the molecule is CN(C)c1cnn(C2O[C@H](CO)[C@@H](O)[C@H]2O)c(=O)c1Cl. The smallest absolute Gasteiger partial charge is 0.290 e. The van der Waals surface area contributed by atoms with Crippen LogP contribution in [0.1, 0.15) is 6.23 Å². The fourth-order valence-corrected chi connectivity index (χ4v) is 2.32. The second-order valence-corrected chi connectivity index (χ2v) is 5.09. The standard InChI is InChI=1S/C11H16ClN3O5/c1-14(2)5-3-13-15(10(19)7(5)12)11-9(18)8(17)6(4-16)20-11/h3,6,8-9,11,16-18H,4H2,1-2H3/t6-,8-,9-,11?/m1/s1. The highest BCUT2D eigenvalue weighted by Crippen LogP contribution is 2.28. The molecule has 4 atom stereocenters. The van der Waals surface area contributed by atoms with E-state index in [-0.39, 0.29) is 5.02 Å². The molecule has 1 fully saturated rings. The number of anilines is 1. The van der Waals surface area contributed by atoms with E-state index in [9.17, 15) is 15.0 Å². The summed E-state index contributed by atoms with van der Waals surface area (Å²) in [4.78, 5) is 13.8. The van der Waals surface area contributed by atoms with Crippen LogP contribution in [0.3, 0.4) is 0 Å². The predicted octanol–water partition coefficient (Wildman–Crippen LogP) is -1.43. The molecule has 0 aliphatic carbocycles. The Hall–Kier alpha value is -1.19. The normalized spacial score (nSPS) is 29.7. The minimum Gasteiger partial charge on any atom is -0.394 e. The Kier molecular flexibility index (Phi) is 4.31. The topological polar surface area (TPSA) is 108 Å². The van der Waals surface area contributed by atoms with Crippen molar-refractivity contribution >= 4 is 17.3 Å². The van der Waals surface area contributed by atoms with Crippen molar-refractivity contribution in [2.24, 2.45) is 0 Å². The largest absolute Gasteiger partial charge is 0.394 e. The number of nitrogens with zero attached hydrogens (tertiary/aromatic N) is 3. The number of aliphatic hydroxyl groups excluding tert-OH is 3. The number of halogens is 1. The van der Waals surface area contributed by atoms with E-state index in [0.29, 0.717) is 5.69 Å². The van der Waals surface area contributed by atoms with Gasteiger partial charge in [0.2, 0.25) is 0 Å². The zero-order valence-corrected chi connectivity index (χ0v) is 11.7. The molecule has 0 saturated carbocycles. The first kappa shape index (κ1) is 15.2. The van der Waals surface area contributed by atoms with Crippen LogP contribution in [0, 0.1) is 0 Å². The van der Waals surface area contributed by atoms with Crippen LogP contribution < -0.4 is 10.5 Å². The third kappa shape index (κ3) is 2.40. The summed E-state index contributed by atoms with van der Waals surface area (Å²) in [5, 5.41) is 32.4. The summed E-state index contributed by atoms with van der Waals surface area (Å²) in [6, 6.07) is 0. The first-order valence-corrected chi connectivity index (χ1v) is 6.33. The van der Waals surface area contributed by atoms with E-state index in [4.69, 9.17) is 21.4 Å². The first-order chi connectivity index (χ1) is 9.38. The van der Waals surface area contributed by atoms with Gasteiger partial charge in [0, 0.05) is 14.1 Å². The van der Waals surface area contributed by atoms with Gasteiger partial charge in [-0.3, -0.25) is 4.79 Å². The molecule has 1 aromatic heterocycles. The molecule has 2 rings (SSSR count). The average molecular weight is 306 g/mol. The zero-order chi connectivity index (χ0) is 15.0. The monoisotopic (exact) mass is 305 g/mol. The highest BCUT2D eigenvalue weighted by molar-refractivity contribution is 6.32. The van der Waals surface area contributed by atoms with Crippen LogP contribution in [0.4, 0.5) is 5.69 Å². The maximum Gasteiger partial charge on any atom is 0.290 e. The van der Waals surface area contributed by atoms with Crippen molar-refractivity contribution in [3.63, 3.8) is 0 Å². The van der Waals surface area contributed by atoms with Crippen molar-refractivity contribution in [3.8, 4) is 0 Å². The molecule has 1 aliphatic heterocycles. The number of hydrogen-bond donors (Lipinski definition) is 3. The Balaban J connectivity index is 2.40. The molecule has 9 heteroatoms. The van der Waals surface area contributed by atoms with Crippen molar-refractivity contribution in [3.05, 3.63) is 21.6 Å². The Morgan fingerprint density at radius 2 is 2.10 bits per heavy atom. The van der Waals surface area contributed by atoms with Gasteiger partial charge in [0.15, 0.2) is 6.23 Å². The second kappa shape index (κ2) is 5.66. The lowest BCUT2D eigenvalue weighted by atomic mass is 10.1. The molecule has 3 N–H and O–H groups in total. The quantitative estimate of drug-likeness (QED) is 0.628. The summed E-state index contributed by atoms with van der Waals surface area (Å²) < 4.78 is 6.10. The van der Waals surface area contributed by atoms with Gasteiger partial charge in [-0.25, -0.2) is 0 Å². The van der Waals surface area contributed by atoms with Gasteiger partial charge in [-0.05, 0) is 0 Å². The van der Waals surface area contributed by atoms with Crippen LogP contribution in [0.15, 0.2) is 11.0 Å².